The van der Waals surface area contributed by atoms with Crippen molar-refractivity contribution in [2.45, 2.75) is 44.6 Å². The lowest BCUT2D eigenvalue weighted by Crippen LogP contribution is -2.52. The minimum atomic E-state index is 0.864. The van der Waals surface area contributed by atoms with Crippen molar-refractivity contribution in [2.24, 2.45) is 5.92 Å². The highest BCUT2D eigenvalue weighted by atomic mass is 127. The van der Waals surface area contributed by atoms with Crippen LogP contribution in [0.2, 0.25) is 0 Å². The number of hydrogen-bond acceptors (Lipinski definition) is 4. The Morgan fingerprint density at radius 3 is 2.23 bits per heavy atom. The summed E-state index contributed by atoms with van der Waals surface area (Å²) in [6, 6.07) is 0.864. The van der Waals surface area contributed by atoms with E-state index in [4.69, 9.17) is 0 Å². The third-order valence-corrected chi connectivity index (χ3v) is 6.84. The number of piperidine rings is 2. The van der Waals surface area contributed by atoms with Gasteiger partial charge in [0, 0.05) is 68.2 Å². The van der Waals surface area contributed by atoms with E-state index in [1.54, 1.807) is 0 Å². The van der Waals surface area contributed by atoms with Crippen molar-refractivity contribution in [1.82, 2.24) is 18.2 Å². The molecule has 0 bridgehead atoms. The Kier molecular flexibility index (Phi) is 7.24. The summed E-state index contributed by atoms with van der Waals surface area (Å²) in [7, 11) is 0. The highest BCUT2D eigenvalue weighted by molar-refractivity contribution is 14.1. The molecule has 3 fully saturated rings. The maximum absolute atomic E-state index is 3.47. The number of nitrogens with one attached hydrogen (secondary N) is 1. The topological polar surface area (TPSA) is 21.8 Å². The summed E-state index contributed by atoms with van der Waals surface area (Å²) in [5.41, 5.74) is 0. The van der Waals surface area contributed by atoms with Crippen molar-refractivity contribution < 1.29 is 0 Å². The van der Waals surface area contributed by atoms with Crippen LogP contribution in [0.4, 0.5) is 0 Å². The molecule has 0 radical (unpaired) electrons. The molecule has 1 N–H and O–H groups in total. The van der Waals surface area contributed by atoms with Crippen molar-refractivity contribution in [3.63, 3.8) is 0 Å². The van der Waals surface area contributed by atoms with Gasteiger partial charge in [0.15, 0.2) is 0 Å². The molecule has 0 amide bonds. The van der Waals surface area contributed by atoms with E-state index in [9.17, 15) is 0 Å². The first-order valence-corrected chi connectivity index (χ1v) is 10.4. The van der Waals surface area contributed by atoms with E-state index in [1.165, 1.54) is 97.4 Å². The molecule has 0 aromatic rings. The fourth-order valence-electron chi connectivity index (χ4n) is 4.33. The van der Waals surface area contributed by atoms with E-state index in [1.807, 2.05) is 0 Å². The highest BCUT2D eigenvalue weighted by Gasteiger charge is 2.26. The van der Waals surface area contributed by atoms with Gasteiger partial charge in [-0.25, -0.2) is 3.11 Å². The van der Waals surface area contributed by atoms with Gasteiger partial charge < -0.3 is 10.2 Å². The first-order valence-electron chi connectivity index (χ1n) is 9.39. The molecule has 3 heterocycles. The molecule has 5 heteroatoms. The second kappa shape index (κ2) is 9.16. The van der Waals surface area contributed by atoms with Gasteiger partial charge in [-0.15, -0.1) is 0 Å². The molecular formula is C17H33IN4. The van der Waals surface area contributed by atoms with Crippen LogP contribution in [-0.4, -0.2) is 77.9 Å². The van der Waals surface area contributed by atoms with Crippen LogP contribution in [0.5, 0.6) is 0 Å². The fourth-order valence-corrected chi connectivity index (χ4v) is 4.88. The second-order valence-corrected chi connectivity index (χ2v) is 8.72. The summed E-state index contributed by atoms with van der Waals surface area (Å²) in [5, 5.41) is 3.47. The van der Waals surface area contributed by atoms with Gasteiger partial charge in [-0.3, -0.25) is 4.90 Å². The molecule has 0 spiro atoms. The average Bonchev–Trinajstić information content (AvgIpc) is 2.57. The van der Waals surface area contributed by atoms with Gasteiger partial charge in [0.1, 0.15) is 0 Å². The van der Waals surface area contributed by atoms with Gasteiger partial charge in [-0.1, -0.05) is 0 Å². The quantitative estimate of drug-likeness (QED) is 0.544. The van der Waals surface area contributed by atoms with Crippen LogP contribution in [0.3, 0.4) is 0 Å². The molecular weight excluding hydrogens is 387 g/mol. The van der Waals surface area contributed by atoms with Crippen LogP contribution >= 0.6 is 22.9 Å². The number of halogens is 1. The Hall–Kier alpha value is 0.570. The molecule has 3 saturated heterocycles. The first kappa shape index (κ1) is 17.4. The molecule has 0 saturated carbocycles. The smallest absolute Gasteiger partial charge is 0.0201 e. The molecule has 0 aromatic heterocycles. The number of piperazine rings is 1. The Labute approximate surface area is 150 Å². The minimum absolute atomic E-state index is 0.864. The van der Waals surface area contributed by atoms with Gasteiger partial charge in [-0.2, -0.15) is 0 Å². The van der Waals surface area contributed by atoms with Crippen LogP contribution in [-0.2, 0) is 0 Å². The maximum atomic E-state index is 3.47. The molecule has 0 unspecified atom stereocenters. The van der Waals surface area contributed by atoms with Crippen molar-refractivity contribution in [2.75, 3.05) is 58.9 Å². The van der Waals surface area contributed by atoms with Crippen molar-refractivity contribution in [3.05, 3.63) is 0 Å². The van der Waals surface area contributed by atoms with Gasteiger partial charge in [0.05, 0.1) is 0 Å². The Morgan fingerprint density at radius 2 is 1.55 bits per heavy atom. The zero-order chi connectivity index (χ0) is 15.2. The SMILES string of the molecule is IN1CCC(N2CCN(CCCC3CCNCC3)CC2)CC1. The Morgan fingerprint density at radius 1 is 0.864 bits per heavy atom. The normalized spacial score (nSPS) is 28.2. The van der Waals surface area contributed by atoms with Crippen LogP contribution < -0.4 is 5.32 Å². The zero-order valence-electron chi connectivity index (χ0n) is 14.0. The van der Waals surface area contributed by atoms with Crippen LogP contribution in [0.15, 0.2) is 0 Å². The van der Waals surface area contributed by atoms with E-state index < -0.39 is 0 Å². The number of rotatable bonds is 5. The van der Waals surface area contributed by atoms with Gasteiger partial charge in [-0.05, 0) is 64.1 Å². The lowest BCUT2D eigenvalue weighted by Gasteiger charge is -2.42. The first-order chi connectivity index (χ1) is 10.8. The monoisotopic (exact) mass is 420 g/mol. The Bertz CT molecular complexity index is 306. The molecule has 4 nitrogen and oxygen atoms in total. The fraction of sp³-hybridized carbons (Fsp3) is 1.00. The van der Waals surface area contributed by atoms with E-state index in [-0.39, 0.29) is 0 Å². The minimum Gasteiger partial charge on any atom is -0.317 e. The molecule has 3 aliphatic rings. The molecule has 3 rings (SSSR count). The van der Waals surface area contributed by atoms with Gasteiger partial charge in [0.25, 0.3) is 0 Å². The summed E-state index contributed by atoms with van der Waals surface area (Å²) in [6.07, 6.45) is 8.43. The predicted octanol–water partition coefficient (Wildman–Crippen LogP) is 2.20. The summed E-state index contributed by atoms with van der Waals surface area (Å²) < 4.78 is 2.45. The van der Waals surface area contributed by atoms with E-state index in [0.29, 0.717) is 0 Å². The lowest BCUT2D eigenvalue weighted by atomic mass is 9.93. The molecule has 22 heavy (non-hydrogen) atoms. The number of hydrogen-bond donors (Lipinski definition) is 1. The second-order valence-electron chi connectivity index (χ2n) is 7.35. The number of nitrogens with zero attached hydrogens (tertiary/aromatic N) is 3. The summed E-state index contributed by atoms with van der Waals surface area (Å²) in [5.74, 6) is 1.00. The predicted molar refractivity (Wildman–Crippen MR) is 101 cm³/mol. The van der Waals surface area contributed by atoms with Gasteiger partial charge >= 0.3 is 0 Å². The van der Waals surface area contributed by atoms with Crippen LogP contribution in [0, 0.1) is 5.92 Å². The Balaban J connectivity index is 1.28. The summed E-state index contributed by atoms with van der Waals surface area (Å²) in [4.78, 5) is 5.48. The van der Waals surface area contributed by atoms with Crippen molar-refractivity contribution in [1.29, 1.82) is 0 Å². The molecule has 3 aliphatic heterocycles. The molecule has 128 valence electrons. The van der Waals surface area contributed by atoms with E-state index in [0.717, 1.165) is 12.0 Å². The van der Waals surface area contributed by atoms with E-state index >= 15 is 0 Å². The summed E-state index contributed by atoms with van der Waals surface area (Å²) >= 11 is 2.48. The third-order valence-electron chi connectivity index (χ3n) is 5.88. The highest BCUT2D eigenvalue weighted by Crippen LogP contribution is 2.21. The van der Waals surface area contributed by atoms with Crippen LogP contribution in [0.1, 0.15) is 38.5 Å². The molecule has 0 aromatic carbocycles. The average molecular weight is 420 g/mol. The standard InChI is InChI=1S/C17H33IN4/c18-22-10-5-17(6-11-22)21-14-12-20(13-15-21)9-1-2-16-3-7-19-8-4-16/h16-17,19H,1-15H2. The lowest BCUT2D eigenvalue weighted by molar-refractivity contribution is 0.0741. The molecule has 0 atom stereocenters. The maximum Gasteiger partial charge on any atom is 0.0201 e. The third kappa shape index (κ3) is 5.30. The van der Waals surface area contributed by atoms with Crippen LogP contribution in [0.25, 0.3) is 0 Å². The van der Waals surface area contributed by atoms with Crippen molar-refractivity contribution in [3.8, 4) is 0 Å². The summed E-state index contributed by atoms with van der Waals surface area (Å²) in [6.45, 7) is 11.6. The van der Waals surface area contributed by atoms with Gasteiger partial charge in [0.2, 0.25) is 0 Å². The molecule has 0 aliphatic carbocycles. The zero-order valence-corrected chi connectivity index (χ0v) is 16.1. The van der Waals surface area contributed by atoms with Crippen molar-refractivity contribution >= 4 is 22.9 Å². The largest absolute Gasteiger partial charge is 0.317 e. The van der Waals surface area contributed by atoms with E-state index in [2.05, 4.69) is 41.1 Å².